The SMILES string of the molecule is COC(=O)[C@@H](C(=O)C1=NS(=O)(=O)c2cc(S(N)(=O)=O)c(Cl)cc2N1)c1cnc2ccccc2n1. The summed E-state index contributed by atoms with van der Waals surface area (Å²) >= 11 is 5.94. The number of rotatable bonds is 5. The van der Waals surface area contributed by atoms with E-state index in [1.54, 1.807) is 24.3 Å². The minimum atomic E-state index is -4.58. The van der Waals surface area contributed by atoms with Crippen molar-refractivity contribution in [2.45, 2.75) is 15.7 Å². The number of carbonyl (C=O) groups excluding carboxylic acids is 2. The molecule has 0 spiro atoms. The van der Waals surface area contributed by atoms with Crippen LogP contribution in [0.2, 0.25) is 5.02 Å². The number of nitrogens with one attached hydrogen (secondary N) is 1. The minimum absolute atomic E-state index is 0.0918. The van der Waals surface area contributed by atoms with Gasteiger partial charge in [0.2, 0.25) is 15.8 Å². The Morgan fingerprint density at radius 2 is 1.85 bits per heavy atom. The third-order valence-corrected chi connectivity index (χ3v) is 7.47. The molecule has 34 heavy (non-hydrogen) atoms. The molecule has 0 fully saturated rings. The first kappa shape index (κ1) is 23.7. The van der Waals surface area contributed by atoms with Crippen molar-refractivity contribution in [2.24, 2.45) is 9.54 Å². The molecule has 1 atom stereocenters. The second-order valence-corrected chi connectivity index (χ2v) is 10.5. The van der Waals surface area contributed by atoms with Gasteiger partial charge in [-0.2, -0.15) is 8.42 Å². The Bertz CT molecular complexity index is 1620. The monoisotopic (exact) mass is 523 g/mol. The maximum atomic E-state index is 13.3. The second kappa shape index (κ2) is 8.39. The molecular formula is C19H14ClN5O7S2. The average Bonchev–Trinajstić information content (AvgIpc) is 2.77. The van der Waals surface area contributed by atoms with Gasteiger partial charge in [0, 0.05) is 0 Å². The van der Waals surface area contributed by atoms with E-state index in [-0.39, 0.29) is 16.4 Å². The lowest BCUT2D eigenvalue weighted by molar-refractivity contribution is -0.144. The highest BCUT2D eigenvalue weighted by molar-refractivity contribution is 7.91. The van der Waals surface area contributed by atoms with Gasteiger partial charge in [0.15, 0.2) is 11.8 Å². The van der Waals surface area contributed by atoms with E-state index in [2.05, 4.69) is 19.7 Å². The maximum absolute atomic E-state index is 13.3. The molecule has 3 N–H and O–H groups in total. The maximum Gasteiger partial charge on any atom is 0.322 e. The zero-order chi connectivity index (χ0) is 24.8. The fourth-order valence-electron chi connectivity index (χ4n) is 3.22. The number of Topliss-reactive ketones (excluding diaryl/α,β-unsaturated/α-hetero) is 1. The van der Waals surface area contributed by atoms with Crippen molar-refractivity contribution in [3.8, 4) is 0 Å². The number of para-hydroxylation sites is 2. The predicted molar refractivity (Wildman–Crippen MR) is 120 cm³/mol. The van der Waals surface area contributed by atoms with Crippen LogP contribution in [-0.2, 0) is 34.4 Å². The summed E-state index contributed by atoms with van der Waals surface area (Å²) in [5.41, 5.74) is 0.572. The molecule has 0 amide bonds. The quantitative estimate of drug-likeness (QED) is 0.360. The molecule has 0 saturated heterocycles. The van der Waals surface area contributed by atoms with Crippen molar-refractivity contribution in [1.82, 2.24) is 9.97 Å². The van der Waals surface area contributed by atoms with Crippen molar-refractivity contribution >= 4 is 66.0 Å². The number of aromatic nitrogens is 2. The molecule has 1 aliphatic heterocycles. The van der Waals surface area contributed by atoms with Crippen LogP contribution in [0.5, 0.6) is 0 Å². The van der Waals surface area contributed by atoms with Gasteiger partial charge in [-0.15, -0.1) is 4.40 Å². The molecule has 4 rings (SSSR count). The molecule has 2 aromatic carbocycles. The first-order valence-electron chi connectivity index (χ1n) is 9.24. The van der Waals surface area contributed by atoms with Gasteiger partial charge in [-0.05, 0) is 24.3 Å². The van der Waals surface area contributed by atoms with Crippen LogP contribution >= 0.6 is 11.6 Å². The summed E-state index contributed by atoms with van der Waals surface area (Å²) in [6.07, 6.45) is 1.20. The molecule has 1 aliphatic rings. The number of nitrogens with zero attached hydrogens (tertiary/aromatic N) is 3. The number of amidine groups is 1. The van der Waals surface area contributed by atoms with Crippen molar-refractivity contribution in [3.63, 3.8) is 0 Å². The van der Waals surface area contributed by atoms with Gasteiger partial charge in [0.05, 0.1) is 40.7 Å². The Kier molecular flexibility index (Phi) is 5.85. The number of nitrogens with two attached hydrogens (primary N) is 1. The summed E-state index contributed by atoms with van der Waals surface area (Å²) in [5, 5.41) is 7.16. The van der Waals surface area contributed by atoms with Crippen molar-refractivity contribution in [1.29, 1.82) is 0 Å². The standard InChI is InChI=1S/C19H14ClN5O7S2/c1-32-19(27)16(13-8-22-10-4-2-3-5-11(10)23-13)17(26)18-24-12-6-9(20)14(33(21,28)29)7-15(12)34(30,31)25-18/h2-8,16H,1H3,(H,24,25)(H2,21,28,29)/t16-/m1/s1. The summed E-state index contributed by atoms with van der Waals surface area (Å²) in [5.74, 6) is -4.51. The van der Waals surface area contributed by atoms with Crippen LogP contribution in [0.3, 0.4) is 0 Å². The number of carbonyl (C=O) groups is 2. The number of sulfonamides is 2. The fourth-order valence-corrected chi connectivity index (χ4v) is 5.52. The van der Waals surface area contributed by atoms with E-state index in [4.69, 9.17) is 21.5 Å². The summed E-state index contributed by atoms with van der Waals surface area (Å²) in [6.45, 7) is 0. The summed E-state index contributed by atoms with van der Waals surface area (Å²) in [4.78, 5) is 33.0. The van der Waals surface area contributed by atoms with E-state index < -0.39 is 53.3 Å². The smallest absolute Gasteiger partial charge is 0.322 e. The van der Waals surface area contributed by atoms with Gasteiger partial charge >= 0.3 is 5.97 Å². The lowest BCUT2D eigenvalue weighted by Crippen LogP contribution is -2.36. The first-order chi connectivity index (χ1) is 15.9. The number of esters is 1. The van der Waals surface area contributed by atoms with Gasteiger partial charge in [-0.25, -0.2) is 18.5 Å². The lowest BCUT2D eigenvalue weighted by atomic mass is 9.99. The highest BCUT2D eigenvalue weighted by Gasteiger charge is 2.38. The topological polar surface area (TPSA) is 188 Å². The minimum Gasteiger partial charge on any atom is -0.468 e. The molecule has 0 radical (unpaired) electrons. The number of ether oxygens (including phenoxy) is 1. The van der Waals surface area contributed by atoms with E-state index in [0.29, 0.717) is 11.0 Å². The van der Waals surface area contributed by atoms with Crippen LogP contribution in [0.25, 0.3) is 11.0 Å². The second-order valence-electron chi connectivity index (χ2n) is 6.97. The Morgan fingerprint density at radius 3 is 2.50 bits per heavy atom. The molecule has 0 aliphatic carbocycles. The first-order valence-corrected chi connectivity index (χ1v) is 12.6. The van der Waals surface area contributed by atoms with Crippen LogP contribution in [0.1, 0.15) is 11.6 Å². The van der Waals surface area contributed by atoms with Gasteiger partial charge in [0.25, 0.3) is 10.0 Å². The fraction of sp³-hybridized carbons (Fsp3) is 0.105. The number of ketones is 1. The Balaban J connectivity index is 1.81. The van der Waals surface area contributed by atoms with Crippen molar-refractivity contribution in [2.75, 3.05) is 12.4 Å². The van der Waals surface area contributed by atoms with Gasteiger partial charge < -0.3 is 10.1 Å². The Hall–Kier alpha value is -3.46. The Morgan fingerprint density at radius 1 is 1.18 bits per heavy atom. The van der Waals surface area contributed by atoms with Gasteiger partial charge in [0.1, 0.15) is 9.79 Å². The summed E-state index contributed by atoms with van der Waals surface area (Å²) in [6, 6.07) is 8.41. The number of hydrogen-bond acceptors (Lipinski definition) is 10. The molecule has 176 valence electrons. The van der Waals surface area contributed by atoms with E-state index in [1.807, 2.05) is 0 Å². The van der Waals surface area contributed by atoms with E-state index in [9.17, 15) is 26.4 Å². The molecule has 3 aromatic rings. The van der Waals surface area contributed by atoms with Gasteiger partial charge in [-0.3, -0.25) is 14.6 Å². The zero-order valence-corrected chi connectivity index (χ0v) is 19.5. The number of hydrogen-bond donors (Lipinski definition) is 2. The number of primary sulfonamides is 1. The molecule has 12 nitrogen and oxygen atoms in total. The number of benzene rings is 2. The third-order valence-electron chi connectivity index (χ3n) is 4.78. The number of methoxy groups -OCH3 is 1. The highest BCUT2D eigenvalue weighted by Crippen LogP contribution is 2.35. The van der Waals surface area contributed by atoms with Crippen LogP contribution < -0.4 is 10.5 Å². The molecule has 15 heteroatoms. The average molecular weight is 524 g/mol. The highest BCUT2D eigenvalue weighted by atomic mass is 35.5. The van der Waals surface area contributed by atoms with Crippen LogP contribution in [-0.4, -0.2) is 51.5 Å². The molecule has 0 unspecified atom stereocenters. The van der Waals surface area contributed by atoms with E-state index >= 15 is 0 Å². The number of fused-ring (bicyclic) bond motifs is 2. The lowest BCUT2D eigenvalue weighted by Gasteiger charge is -2.21. The van der Waals surface area contributed by atoms with Crippen molar-refractivity contribution < 1.29 is 31.2 Å². The predicted octanol–water partition coefficient (Wildman–Crippen LogP) is 0.969. The Labute approximate surface area is 197 Å². The van der Waals surface area contributed by atoms with Crippen LogP contribution in [0.15, 0.2) is 56.8 Å². The van der Waals surface area contributed by atoms with Crippen LogP contribution in [0, 0.1) is 0 Å². The molecule has 0 bridgehead atoms. The summed E-state index contributed by atoms with van der Waals surface area (Å²) in [7, 11) is -7.88. The normalized spacial score (nSPS) is 15.6. The van der Waals surface area contributed by atoms with Gasteiger partial charge in [-0.1, -0.05) is 23.7 Å². The number of halogens is 1. The summed E-state index contributed by atoms with van der Waals surface area (Å²) < 4.78 is 57.0. The third kappa shape index (κ3) is 4.23. The van der Waals surface area contributed by atoms with Crippen LogP contribution in [0.4, 0.5) is 5.69 Å². The van der Waals surface area contributed by atoms with Crippen molar-refractivity contribution in [3.05, 3.63) is 53.3 Å². The molecule has 1 aromatic heterocycles. The largest absolute Gasteiger partial charge is 0.468 e. The molecular weight excluding hydrogens is 510 g/mol. The van der Waals surface area contributed by atoms with E-state index in [0.717, 1.165) is 19.2 Å². The molecule has 0 saturated carbocycles. The number of anilines is 1. The molecule has 2 heterocycles. The van der Waals surface area contributed by atoms with E-state index in [1.165, 1.54) is 6.20 Å². The zero-order valence-electron chi connectivity index (χ0n) is 17.1.